The summed E-state index contributed by atoms with van der Waals surface area (Å²) in [7, 11) is 1.99. The standard InChI is InChI=1S/C22H22FN3O3/c1-25-9-6-15-11-16(4-5-19(15)25)21(27)26-13-22(14-26)17(7-10-29-22)12-28-20-18(23)3-2-8-24-20/h2-6,8-9,11,17H,7,10,12-14H2,1H3/t17-/m1/s1. The van der Waals surface area contributed by atoms with E-state index in [1.807, 2.05) is 47.0 Å². The number of pyridine rings is 1. The Morgan fingerprint density at radius 3 is 3.03 bits per heavy atom. The van der Waals surface area contributed by atoms with Gasteiger partial charge in [-0.05, 0) is 42.8 Å². The number of rotatable bonds is 4. The number of fused-ring (bicyclic) bond motifs is 1. The van der Waals surface area contributed by atoms with E-state index in [9.17, 15) is 9.18 Å². The van der Waals surface area contributed by atoms with E-state index in [1.165, 1.54) is 18.3 Å². The van der Waals surface area contributed by atoms with Gasteiger partial charge in [0.1, 0.15) is 5.60 Å². The monoisotopic (exact) mass is 395 g/mol. The number of aromatic nitrogens is 2. The smallest absolute Gasteiger partial charge is 0.254 e. The molecule has 0 radical (unpaired) electrons. The molecule has 1 atom stereocenters. The van der Waals surface area contributed by atoms with Crippen molar-refractivity contribution in [1.29, 1.82) is 0 Å². The van der Waals surface area contributed by atoms with E-state index in [4.69, 9.17) is 9.47 Å². The summed E-state index contributed by atoms with van der Waals surface area (Å²) in [6.07, 6.45) is 4.32. The second-order valence-corrected chi connectivity index (χ2v) is 7.86. The summed E-state index contributed by atoms with van der Waals surface area (Å²) in [6, 6.07) is 10.6. The maximum absolute atomic E-state index is 13.7. The lowest BCUT2D eigenvalue weighted by Gasteiger charge is -2.50. The zero-order chi connectivity index (χ0) is 20.0. The number of nitrogens with zero attached hydrogens (tertiary/aromatic N) is 3. The minimum atomic E-state index is -0.470. The number of carbonyl (C=O) groups excluding carboxylic acids is 1. The number of carbonyl (C=O) groups is 1. The molecule has 29 heavy (non-hydrogen) atoms. The zero-order valence-corrected chi connectivity index (χ0v) is 16.2. The summed E-state index contributed by atoms with van der Waals surface area (Å²) in [5, 5.41) is 1.05. The highest BCUT2D eigenvalue weighted by atomic mass is 19.1. The predicted octanol–water partition coefficient (Wildman–Crippen LogP) is 3.02. The SMILES string of the molecule is Cn1ccc2cc(C(=O)N3CC4(C3)OCC[C@@H]4COc3ncccc3F)ccc21. The van der Waals surface area contributed by atoms with Crippen LogP contribution >= 0.6 is 0 Å². The molecule has 2 fully saturated rings. The highest BCUT2D eigenvalue weighted by Crippen LogP contribution is 2.41. The molecule has 2 saturated heterocycles. The zero-order valence-electron chi connectivity index (χ0n) is 16.2. The Bertz CT molecular complexity index is 1070. The quantitative estimate of drug-likeness (QED) is 0.682. The van der Waals surface area contributed by atoms with Crippen molar-refractivity contribution in [2.24, 2.45) is 13.0 Å². The number of halogens is 1. The van der Waals surface area contributed by atoms with E-state index < -0.39 is 11.4 Å². The molecule has 5 rings (SSSR count). The Hall–Kier alpha value is -2.93. The van der Waals surface area contributed by atoms with Crippen LogP contribution in [0.4, 0.5) is 4.39 Å². The number of amides is 1. The van der Waals surface area contributed by atoms with Gasteiger partial charge >= 0.3 is 0 Å². The molecule has 4 heterocycles. The van der Waals surface area contributed by atoms with Crippen molar-refractivity contribution in [2.75, 3.05) is 26.3 Å². The van der Waals surface area contributed by atoms with E-state index in [0.717, 1.165) is 17.3 Å². The highest BCUT2D eigenvalue weighted by molar-refractivity contribution is 5.98. The van der Waals surface area contributed by atoms with Crippen molar-refractivity contribution in [2.45, 2.75) is 12.0 Å². The normalized spacial score (nSPS) is 20.2. The second-order valence-electron chi connectivity index (χ2n) is 7.86. The number of hydrogen-bond donors (Lipinski definition) is 0. The summed E-state index contributed by atoms with van der Waals surface area (Å²) in [6.45, 7) is 2.00. The number of ether oxygens (including phenoxy) is 2. The Kier molecular flexibility index (Phi) is 4.28. The molecule has 1 spiro atoms. The van der Waals surface area contributed by atoms with Crippen LogP contribution in [-0.2, 0) is 11.8 Å². The predicted molar refractivity (Wildman–Crippen MR) is 105 cm³/mol. The Morgan fingerprint density at radius 1 is 1.34 bits per heavy atom. The molecule has 2 aliphatic heterocycles. The van der Waals surface area contributed by atoms with Gasteiger partial charge in [-0.3, -0.25) is 4.79 Å². The van der Waals surface area contributed by atoms with Crippen LogP contribution in [-0.4, -0.2) is 52.3 Å². The van der Waals surface area contributed by atoms with Crippen LogP contribution in [0.5, 0.6) is 5.88 Å². The van der Waals surface area contributed by atoms with Gasteiger partial charge in [-0.15, -0.1) is 0 Å². The van der Waals surface area contributed by atoms with Crippen LogP contribution in [0.3, 0.4) is 0 Å². The Labute approximate surface area is 167 Å². The van der Waals surface area contributed by atoms with Gasteiger partial charge in [-0.2, -0.15) is 0 Å². The molecular weight excluding hydrogens is 373 g/mol. The largest absolute Gasteiger partial charge is 0.475 e. The summed E-state index contributed by atoms with van der Waals surface area (Å²) in [4.78, 5) is 18.7. The van der Waals surface area contributed by atoms with Crippen molar-refractivity contribution in [3.8, 4) is 5.88 Å². The van der Waals surface area contributed by atoms with Gasteiger partial charge in [0.05, 0.1) is 19.7 Å². The van der Waals surface area contributed by atoms with Crippen LogP contribution in [0.1, 0.15) is 16.8 Å². The number of likely N-dealkylation sites (tertiary alicyclic amines) is 1. The molecule has 0 unspecified atom stereocenters. The summed E-state index contributed by atoms with van der Waals surface area (Å²) in [5.41, 5.74) is 1.37. The van der Waals surface area contributed by atoms with Gasteiger partial charge in [0, 0.05) is 48.4 Å². The van der Waals surface area contributed by atoms with E-state index >= 15 is 0 Å². The van der Waals surface area contributed by atoms with E-state index in [-0.39, 0.29) is 17.7 Å². The minimum Gasteiger partial charge on any atom is -0.475 e. The molecule has 1 aromatic carbocycles. The molecule has 3 aromatic rings. The summed E-state index contributed by atoms with van der Waals surface area (Å²) < 4.78 is 27.4. The first-order valence-electron chi connectivity index (χ1n) is 9.77. The van der Waals surface area contributed by atoms with Crippen LogP contribution in [0, 0.1) is 11.7 Å². The lowest BCUT2D eigenvalue weighted by Crippen LogP contribution is -2.66. The maximum Gasteiger partial charge on any atom is 0.254 e. The van der Waals surface area contributed by atoms with Crippen LogP contribution in [0.2, 0.25) is 0 Å². The van der Waals surface area contributed by atoms with E-state index in [0.29, 0.717) is 31.9 Å². The number of aryl methyl sites for hydroxylation is 1. The van der Waals surface area contributed by atoms with E-state index in [2.05, 4.69) is 4.98 Å². The third-order valence-corrected chi connectivity index (χ3v) is 6.08. The lowest BCUT2D eigenvalue weighted by molar-refractivity contribution is -0.122. The van der Waals surface area contributed by atoms with Crippen molar-refractivity contribution in [1.82, 2.24) is 14.5 Å². The topological polar surface area (TPSA) is 56.6 Å². The second kappa shape index (κ2) is 6.84. The Morgan fingerprint density at radius 2 is 2.21 bits per heavy atom. The first-order valence-corrected chi connectivity index (χ1v) is 9.77. The Balaban J connectivity index is 1.25. The molecule has 0 aliphatic carbocycles. The minimum absolute atomic E-state index is 0.00677. The van der Waals surface area contributed by atoms with Gasteiger partial charge in [0.15, 0.2) is 5.82 Å². The molecule has 2 aromatic heterocycles. The van der Waals surface area contributed by atoms with Gasteiger partial charge in [0.2, 0.25) is 5.88 Å². The first-order chi connectivity index (χ1) is 14.1. The van der Waals surface area contributed by atoms with Gasteiger partial charge in [-0.25, -0.2) is 9.37 Å². The average molecular weight is 395 g/mol. The fraction of sp³-hybridized carbons (Fsp3) is 0.364. The molecule has 0 saturated carbocycles. The maximum atomic E-state index is 13.7. The third kappa shape index (κ3) is 3.06. The fourth-order valence-electron chi connectivity index (χ4n) is 4.37. The number of benzene rings is 1. The molecule has 150 valence electrons. The molecule has 2 aliphatic rings. The van der Waals surface area contributed by atoms with Crippen LogP contribution in [0.15, 0.2) is 48.8 Å². The van der Waals surface area contributed by atoms with Gasteiger partial charge < -0.3 is 18.9 Å². The lowest BCUT2D eigenvalue weighted by atomic mass is 9.81. The molecule has 1 amide bonds. The molecule has 7 heteroatoms. The highest BCUT2D eigenvalue weighted by Gasteiger charge is 2.54. The van der Waals surface area contributed by atoms with Crippen molar-refractivity contribution in [3.63, 3.8) is 0 Å². The van der Waals surface area contributed by atoms with Crippen LogP contribution in [0.25, 0.3) is 10.9 Å². The van der Waals surface area contributed by atoms with Gasteiger partial charge in [0.25, 0.3) is 5.91 Å². The molecule has 0 N–H and O–H groups in total. The first kappa shape index (κ1) is 18.1. The summed E-state index contributed by atoms with van der Waals surface area (Å²) in [5.74, 6) is -0.350. The fourth-order valence-corrected chi connectivity index (χ4v) is 4.37. The molecule has 0 bridgehead atoms. The summed E-state index contributed by atoms with van der Waals surface area (Å²) >= 11 is 0. The van der Waals surface area contributed by atoms with E-state index in [1.54, 1.807) is 0 Å². The van der Waals surface area contributed by atoms with Crippen molar-refractivity contribution in [3.05, 3.63) is 60.2 Å². The molecule has 6 nitrogen and oxygen atoms in total. The van der Waals surface area contributed by atoms with Crippen LogP contribution < -0.4 is 4.74 Å². The number of hydrogen-bond acceptors (Lipinski definition) is 4. The molecular formula is C22H22FN3O3. The van der Waals surface area contributed by atoms with Crippen molar-refractivity contribution < 1.29 is 18.7 Å². The average Bonchev–Trinajstić information content (AvgIpc) is 3.29. The van der Waals surface area contributed by atoms with Gasteiger partial charge in [-0.1, -0.05) is 0 Å². The van der Waals surface area contributed by atoms with Crippen molar-refractivity contribution >= 4 is 16.8 Å². The third-order valence-electron chi connectivity index (χ3n) is 6.08.